The van der Waals surface area contributed by atoms with Crippen molar-refractivity contribution in [1.29, 1.82) is 0 Å². The predicted molar refractivity (Wildman–Crippen MR) is 122 cm³/mol. The fourth-order valence-electron chi connectivity index (χ4n) is 4.01. The minimum absolute atomic E-state index is 0.0985. The number of carbonyl (C=O) groups is 2. The highest BCUT2D eigenvalue weighted by Crippen LogP contribution is 2.45. The van der Waals surface area contributed by atoms with Crippen LogP contribution < -0.4 is 9.64 Å². The van der Waals surface area contributed by atoms with Crippen molar-refractivity contribution >= 4 is 28.8 Å². The molecule has 0 saturated carbocycles. The van der Waals surface area contributed by atoms with Gasteiger partial charge in [0.1, 0.15) is 17.6 Å². The average molecular weight is 498 g/mol. The highest BCUT2D eigenvalue weighted by Gasteiger charge is 2.49. The van der Waals surface area contributed by atoms with Crippen molar-refractivity contribution in [2.45, 2.75) is 12.2 Å². The van der Waals surface area contributed by atoms with Crippen molar-refractivity contribution in [2.24, 2.45) is 0 Å². The molecule has 0 aliphatic carbocycles. The van der Waals surface area contributed by atoms with E-state index in [0.29, 0.717) is 11.8 Å². The molecule has 3 aromatic rings. The lowest BCUT2D eigenvalue weighted by Crippen LogP contribution is -2.30. The van der Waals surface area contributed by atoms with Crippen LogP contribution in [-0.2, 0) is 15.8 Å². The number of para-hydroxylation sites is 1. The lowest BCUT2D eigenvalue weighted by atomic mass is 9.94. The van der Waals surface area contributed by atoms with Crippen LogP contribution in [0, 0.1) is 10.1 Å². The van der Waals surface area contributed by atoms with Crippen LogP contribution in [0.4, 0.5) is 24.5 Å². The highest BCUT2D eigenvalue weighted by molar-refractivity contribution is 6.51. The molecule has 1 fully saturated rings. The number of ether oxygens (including phenoxy) is 1. The number of alkyl halides is 3. The second-order valence-electron chi connectivity index (χ2n) is 7.76. The normalized spacial score (nSPS) is 17.3. The molecule has 0 aromatic heterocycles. The fraction of sp³-hybridized carbons (Fsp3) is 0.120. The Morgan fingerprint density at radius 1 is 1.03 bits per heavy atom. The van der Waals surface area contributed by atoms with E-state index >= 15 is 0 Å². The Hall–Kier alpha value is -4.67. The average Bonchev–Trinajstić information content (AvgIpc) is 3.13. The number of aliphatic hydroxyl groups is 1. The van der Waals surface area contributed by atoms with E-state index < -0.39 is 51.4 Å². The summed E-state index contributed by atoms with van der Waals surface area (Å²) in [6.07, 6.45) is -4.75. The molecule has 0 spiro atoms. The van der Waals surface area contributed by atoms with Gasteiger partial charge in [0, 0.05) is 17.3 Å². The van der Waals surface area contributed by atoms with E-state index in [-0.39, 0.29) is 16.8 Å². The maximum absolute atomic E-state index is 13.4. The number of anilines is 1. The van der Waals surface area contributed by atoms with Gasteiger partial charge in [0.05, 0.1) is 28.7 Å². The molecule has 1 aliphatic rings. The first kappa shape index (κ1) is 24.5. The number of Topliss-reactive ketones (excluding diaryl/α,β-unsaturated/α-hetero) is 1. The number of hydrogen-bond acceptors (Lipinski definition) is 6. The van der Waals surface area contributed by atoms with Gasteiger partial charge < -0.3 is 9.84 Å². The van der Waals surface area contributed by atoms with E-state index in [1.807, 2.05) is 0 Å². The van der Waals surface area contributed by atoms with Crippen LogP contribution in [0.3, 0.4) is 0 Å². The summed E-state index contributed by atoms with van der Waals surface area (Å²) in [6.45, 7) is 0. The van der Waals surface area contributed by atoms with Gasteiger partial charge in [-0.25, -0.2) is 0 Å². The van der Waals surface area contributed by atoms with Crippen molar-refractivity contribution in [3.05, 3.63) is 105 Å². The Bertz CT molecular complexity index is 1400. The van der Waals surface area contributed by atoms with Gasteiger partial charge in [-0.3, -0.25) is 24.6 Å². The van der Waals surface area contributed by atoms with Gasteiger partial charge in [0.2, 0.25) is 0 Å². The summed E-state index contributed by atoms with van der Waals surface area (Å²) >= 11 is 0. The minimum atomic E-state index is -4.75. The number of nitro benzene ring substituents is 1. The van der Waals surface area contributed by atoms with Gasteiger partial charge in [-0.15, -0.1) is 0 Å². The van der Waals surface area contributed by atoms with Crippen LogP contribution >= 0.6 is 0 Å². The Labute approximate surface area is 202 Å². The molecule has 0 unspecified atom stereocenters. The molecule has 1 amide bonds. The van der Waals surface area contributed by atoms with E-state index in [4.69, 9.17) is 4.74 Å². The molecule has 184 valence electrons. The molecule has 1 atom stereocenters. The lowest BCUT2D eigenvalue weighted by Gasteiger charge is -2.25. The second-order valence-corrected chi connectivity index (χ2v) is 7.76. The zero-order valence-corrected chi connectivity index (χ0v) is 18.5. The molecule has 3 aromatic carbocycles. The maximum Gasteiger partial charge on any atom is 0.416 e. The van der Waals surface area contributed by atoms with Crippen molar-refractivity contribution in [1.82, 2.24) is 0 Å². The number of ketones is 1. The fourth-order valence-corrected chi connectivity index (χ4v) is 4.01. The van der Waals surface area contributed by atoms with E-state index in [0.717, 1.165) is 23.1 Å². The van der Waals surface area contributed by atoms with Crippen molar-refractivity contribution < 1.29 is 37.5 Å². The van der Waals surface area contributed by atoms with Crippen LogP contribution in [0.15, 0.2) is 78.4 Å². The van der Waals surface area contributed by atoms with Gasteiger partial charge in [-0.2, -0.15) is 13.2 Å². The Morgan fingerprint density at radius 2 is 1.69 bits per heavy atom. The van der Waals surface area contributed by atoms with E-state index in [9.17, 15) is 38.0 Å². The van der Waals surface area contributed by atoms with Crippen LogP contribution in [0.25, 0.3) is 5.76 Å². The first-order valence-corrected chi connectivity index (χ1v) is 10.4. The molecule has 1 heterocycles. The summed E-state index contributed by atoms with van der Waals surface area (Å²) in [5, 5.41) is 22.8. The SMILES string of the molecule is COc1ccc(/C(O)=C2\C(=O)C(=O)N(c3cccc(C(F)(F)F)c3)[C@H]2c2ccccc2[N+](=O)[O-])cc1. The van der Waals surface area contributed by atoms with E-state index in [1.54, 1.807) is 0 Å². The molecule has 0 radical (unpaired) electrons. The van der Waals surface area contributed by atoms with Crippen LogP contribution in [0.5, 0.6) is 5.75 Å². The van der Waals surface area contributed by atoms with Crippen LogP contribution in [0.1, 0.15) is 22.7 Å². The molecule has 1 aliphatic heterocycles. The predicted octanol–water partition coefficient (Wildman–Crippen LogP) is 5.25. The molecule has 11 heteroatoms. The number of nitrogens with zero attached hydrogens (tertiary/aromatic N) is 2. The number of hydrogen-bond donors (Lipinski definition) is 1. The first-order chi connectivity index (χ1) is 17.0. The minimum Gasteiger partial charge on any atom is -0.507 e. The second kappa shape index (κ2) is 9.17. The Kier molecular flexibility index (Phi) is 6.23. The van der Waals surface area contributed by atoms with Gasteiger partial charge >= 0.3 is 6.18 Å². The smallest absolute Gasteiger partial charge is 0.416 e. The molecule has 0 bridgehead atoms. The monoisotopic (exact) mass is 498 g/mol. The molecule has 1 saturated heterocycles. The Morgan fingerprint density at radius 3 is 2.31 bits per heavy atom. The quantitative estimate of drug-likeness (QED) is 0.169. The third-order valence-electron chi connectivity index (χ3n) is 5.69. The summed E-state index contributed by atoms with van der Waals surface area (Å²) in [5.41, 5.74) is -2.45. The van der Waals surface area contributed by atoms with Crippen molar-refractivity contribution in [2.75, 3.05) is 12.0 Å². The third-order valence-corrected chi connectivity index (χ3v) is 5.69. The molecule has 8 nitrogen and oxygen atoms in total. The van der Waals surface area contributed by atoms with Crippen LogP contribution in [0.2, 0.25) is 0 Å². The first-order valence-electron chi connectivity index (χ1n) is 10.4. The standard InChI is InChI=1S/C25H17F3N2O6/c1-36-17-11-9-14(10-12-17)22(31)20-21(18-7-2-3-8-19(18)30(34)35)29(24(33)23(20)32)16-6-4-5-15(13-16)25(26,27)28/h2-13,21,31H,1H3/b22-20+/t21-/m0/s1. The summed E-state index contributed by atoms with van der Waals surface area (Å²) in [6, 6.07) is 13.1. The zero-order chi connectivity index (χ0) is 26.2. The van der Waals surface area contributed by atoms with Crippen LogP contribution in [-0.4, -0.2) is 28.8 Å². The third kappa shape index (κ3) is 4.26. The summed E-state index contributed by atoms with van der Waals surface area (Å²) in [4.78, 5) is 38.0. The topological polar surface area (TPSA) is 110 Å². The summed E-state index contributed by atoms with van der Waals surface area (Å²) in [7, 11) is 1.42. The number of halogens is 3. The molecular formula is C25H17F3N2O6. The molecule has 4 rings (SSSR count). The van der Waals surface area contributed by atoms with Gasteiger partial charge in [0.15, 0.2) is 0 Å². The van der Waals surface area contributed by atoms with E-state index in [1.165, 1.54) is 55.6 Å². The van der Waals surface area contributed by atoms with Crippen molar-refractivity contribution in [3.8, 4) is 5.75 Å². The summed E-state index contributed by atoms with van der Waals surface area (Å²) < 4.78 is 45.2. The highest BCUT2D eigenvalue weighted by atomic mass is 19.4. The number of methoxy groups -OCH3 is 1. The van der Waals surface area contributed by atoms with Gasteiger partial charge in [-0.05, 0) is 48.5 Å². The largest absolute Gasteiger partial charge is 0.507 e. The Balaban J connectivity index is 1.99. The maximum atomic E-state index is 13.4. The molecule has 1 N–H and O–H groups in total. The number of aliphatic hydroxyl groups excluding tert-OH is 1. The molecule has 36 heavy (non-hydrogen) atoms. The molecular weight excluding hydrogens is 481 g/mol. The van der Waals surface area contributed by atoms with Gasteiger partial charge in [-0.1, -0.05) is 18.2 Å². The zero-order valence-electron chi connectivity index (χ0n) is 18.5. The van der Waals surface area contributed by atoms with Crippen molar-refractivity contribution in [3.63, 3.8) is 0 Å². The van der Waals surface area contributed by atoms with Gasteiger partial charge in [0.25, 0.3) is 17.4 Å². The summed E-state index contributed by atoms with van der Waals surface area (Å²) in [5.74, 6) is -2.66. The number of benzene rings is 3. The number of carbonyl (C=O) groups excluding carboxylic acids is 2. The number of rotatable bonds is 5. The lowest BCUT2D eigenvalue weighted by molar-refractivity contribution is -0.385. The van der Waals surface area contributed by atoms with E-state index in [2.05, 4.69) is 0 Å². The number of amides is 1. The number of nitro groups is 1.